The van der Waals surface area contributed by atoms with Crippen LogP contribution in [-0.4, -0.2) is 55.3 Å². The van der Waals surface area contributed by atoms with E-state index in [0.29, 0.717) is 26.1 Å². The van der Waals surface area contributed by atoms with E-state index in [9.17, 15) is 9.59 Å². The van der Waals surface area contributed by atoms with Crippen molar-refractivity contribution in [2.75, 3.05) is 33.7 Å². The largest absolute Gasteiger partial charge is 0.349 e. The van der Waals surface area contributed by atoms with E-state index in [4.69, 9.17) is 5.73 Å². The lowest BCUT2D eigenvalue weighted by molar-refractivity contribution is -0.139. The Kier molecular flexibility index (Phi) is 4.73. The minimum absolute atomic E-state index is 0.0805. The van der Waals surface area contributed by atoms with Crippen LogP contribution >= 0.6 is 0 Å². The summed E-state index contributed by atoms with van der Waals surface area (Å²) >= 11 is 0. The number of piperidine rings is 1. The molecule has 0 radical (unpaired) electrons. The van der Waals surface area contributed by atoms with Crippen LogP contribution < -0.4 is 5.73 Å². The van der Waals surface area contributed by atoms with Crippen LogP contribution in [0.1, 0.15) is 19.3 Å². The Morgan fingerprint density at radius 1 is 1.31 bits per heavy atom. The van der Waals surface area contributed by atoms with Gasteiger partial charge in [0.1, 0.15) is 0 Å². The Bertz CT molecular complexity index is 258. The number of nitrogens with two attached hydrogens (primary N) is 1. The highest BCUT2D eigenvalue weighted by molar-refractivity contribution is 5.79. The number of carbonyl (C=O) groups is 2. The third kappa shape index (κ3) is 3.20. The zero-order valence-corrected chi connectivity index (χ0v) is 10.1. The second-order valence-electron chi connectivity index (χ2n) is 4.43. The molecule has 5 nitrogen and oxygen atoms in total. The average Bonchev–Trinajstić information content (AvgIpc) is 2.28. The molecule has 1 heterocycles. The molecule has 92 valence electrons. The lowest BCUT2D eigenvalue weighted by Gasteiger charge is -2.32. The van der Waals surface area contributed by atoms with Gasteiger partial charge in [0, 0.05) is 46.1 Å². The van der Waals surface area contributed by atoms with Crippen molar-refractivity contribution in [3.63, 3.8) is 0 Å². The summed E-state index contributed by atoms with van der Waals surface area (Å²) < 4.78 is 0. The van der Waals surface area contributed by atoms with Crippen molar-refractivity contribution in [3.8, 4) is 0 Å². The number of rotatable bonds is 3. The smallest absolute Gasteiger partial charge is 0.225 e. The molecule has 0 aromatic heterocycles. The summed E-state index contributed by atoms with van der Waals surface area (Å²) in [5.41, 5.74) is 5.34. The Balaban J connectivity index is 2.39. The zero-order chi connectivity index (χ0) is 12.1. The maximum atomic E-state index is 11.7. The average molecular weight is 227 g/mol. The molecule has 1 aliphatic rings. The van der Waals surface area contributed by atoms with Crippen molar-refractivity contribution in [1.82, 2.24) is 9.80 Å². The molecule has 0 atom stereocenters. The molecule has 2 N–H and O–H groups in total. The number of amides is 2. The fourth-order valence-corrected chi connectivity index (χ4v) is 2.02. The molecule has 5 heteroatoms. The molecule has 1 saturated heterocycles. The van der Waals surface area contributed by atoms with Crippen molar-refractivity contribution in [2.45, 2.75) is 19.3 Å². The van der Waals surface area contributed by atoms with Gasteiger partial charge in [-0.3, -0.25) is 9.59 Å². The van der Waals surface area contributed by atoms with E-state index in [1.807, 2.05) is 4.90 Å². The van der Waals surface area contributed by atoms with E-state index < -0.39 is 0 Å². The van der Waals surface area contributed by atoms with Crippen molar-refractivity contribution in [3.05, 3.63) is 0 Å². The van der Waals surface area contributed by atoms with Crippen LogP contribution in [-0.2, 0) is 9.59 Å². The SMILES string of the molecule is CN(C)C(=O)C1CCN(C(=O)CCN)CC1. The van der Waals surface area contributed by atoms with Crippen LogP contribution in [0.25, 0.3) is 0 Å². The summed E-state index contributed by atoms with van der Waals surface area (Å²) in [7, 11) is 3.54. The van der Waals surface area contributed by atoms with Gasteiger partial charge in [0.2, 0.25) is 11.8 Å². The second kappa shape index (κ2) is 5.84. The number of likely N-dealkylation sites (tertiary alicyclic amines) is 1. The first-order chi connectivity index (χ1) is 7.56. The minimum atomic E-state index is 0.0805. The van der Waals surface area contributed by atoms with Crippen molar-refractivity contribution in [1.29, 1.82) is 0 Å². The first kappa shape index (κ1) is 13.0. The van der Waals surface area contributed by atoms with Crippen LogP contribution in [0, 0.1) is 5.92 Å². The summed E-state index contributed by atoms with van der Waals surface area (Å²) in [5.74, 6) is 0.362. The van der Waals surface area contributed by atoms with Gasteiger partial charge in [0.25, 0.3) is 0 Å². The predicted molar refractivity (Wildman–Crippen MR) is 61.7 cm³/mol. The van der Waals surface area contributed by atoms with E-state index in [1.165, 1.54) is 0 Å². The summed E-state index contributed by atoms with van der Waals surface area (Å²) in [5, 5.41) is 0. The van der Waals surface area contributed by atoms with Gasteiger partial charge in [-0.25, -0.2) is 0 Å². The lowest BCUT2D eigenvalue weighted by Crippen LogP contribution is -2.43. The monoisotopic (exact) mass is 227 g/mol. The molecule has 0 aromatic rings. The number of hydrogen-bond donors (Lipinski definition) is 1. The van der Waals surface area contributed by atoms with Crippen molar-refractivity contribution >= 4 is 11.8 Å². The summed E-state index contributed by atoms with van der Waals surface area (Å²) in [6.07, 6.45) is 1.95. The first-order valence-corrected chi connectivity index (χ1v) is 5.75. The molecule has 1 fully saturated rings. The quantitative estimate of drug-likeness (QED) is 0.717. The molecule has 0 aromatic carbocycles. The predicted octanol–water partition coefficient (Wildman–Crippen LogP) is -0.338. The third-order valence-corrected chi connectivity index (χ3v) is 3.00. The topological polar surface area (TPSA) is 66.6 Å². The molecule has 16 heavy (non-hydrogen) atoms. The number of carbonyl (C=O) groups excluding carboxylic acids is 2. The first-order valence-electron chi connectivity index (χ1n) is 5.75. The van der Waals surface area contributed by atoms with E-state index in [0.717, 1.165) is 12.8 Å². The highest BCUT2D eigenvalue weighted by atomic mass is 16.2. The van der Waals surface area contributed by atoms with E-state index in [-0.39, 0.29) is 17.7 Å². The molecule has 2 amide bonds. The van der Waals surface area contributed by atoms with Crippen molar-refractivity contribution in [2.24, 2.45) is 11.7 Å². The highest BCUT2D eigenvalue weighted by Gasteiger charge is 2.27. The lowest BCUT2D eigenvalue weighted by atomic mass is 9.95. The normalized spacial score (nSPS) is 17.3. The van der Waals surface area contributed by atoms with Gasteiger partial charge in [-0.1, -0.05) is 0 Å². The molecule has 0 bridgehead atoms. The van der Waals surface area contributed by atoms with Gasteiger partial charge in [0.05, 0.1) is 0 Å². The maximum Gasteiger partial charge on any atom is 0.225 e. The Morgan fingerprint density at radius 3 is 2.31 bits per heavy atom. The molecule has 1 rings (SSSR count). The van der Waals surface area contributed by atoms with Crippen LogP contribution in [0.3, 0.4) is 0 Å². The van der Waals surface area contributed by atoms with Gasteiger partial charge >= 0.3 is 0 Å². The van der Waals surface area contributed by atoms with E-state index >= 15 is 0 Å². The van der Waals surface area contributed by atoms with Crippen LogP contribution in [0.4, 0.5) is 0 Å². The fraction of sp³-hybridized carbons (Fsp3) is 0.818. The minimum Gasteiger partial charge on any atom is -0.349 e. The molecule has 0 spiro atoms. The van der Waals surface area contributed by atoms with Gasteiger partial charge in [0.15, 0.2) is 0 Å². The standard InChI is InChI=1S/C11H21N3O2/c1-13(2)11(16)9-4-7-14(8-5-9)10(15)3-6-12/h9H,3-8,12H2,1-2H3. The molecule has 0 unspecified atom stereocenters. The van der Waals surface area contributed by atoms with Crippen molar-refractivity contribution < 1.29 is 9.59 Å². The van der Waals surface area contributed by atoms with Crippen LogP contribution in [0.2, 0.25) is 0 Å². The van der Waals surface area contributed by atoms with Gasteiger partial charge < -0.3 is 15.5 Å². The maximum absolute atomic E-state index is 11.7. The molecule has 0 saturated carbocycles. The fourth-order valence-electron chi connectivity index (χ4n) is 2.02. The summed E-state index contributed by atoms with van der Waals surface area (Å²) in [4.78, 5) is 26.7. The van der Waals surface area contributed by atoms with Crippen LogP contribution in [0.5, 0.6) is 0 Å². The van der Waals surface area contributed by atoms with Gasteiger partial charge in [-0.05, 0) is 12.8 Å². The second-order valence-corrected chi connectivity index (χ2v) is 4.43. The van der Waals surface area contributed by atoms with Crippen LogP contribution in [0.15, 0.2) is 0 Å². The molecule has 0 aliphatic carbocycles. The van der Waals surface area contributed by atoms with E-state index in [2.05, 4.69) is 0 Å². The third-order valence-electron chi connectivity index (χ3n) is 3.00. The Labute approximate surface area is 96.6 Å². The highest BCUT2D eigenvalue weighted by Crippen LogP contribution is 2.19. The number of hydrogen-bond acceptors (Lipinski definition) is 3. The summed E-state index contributed by atoms with van der Waals surface area (Å²) in [6, 6.07) is 0. The number of nitrogens with zero attached hydrogens (tertiary/aromatic N) is 2. The molecular weight excluding hydrogens is 206 g/mol. The van der Waals surface area contributed by atoms with E-state index in [1.54, 1.807) is 19.0 Å². The summed E-state index contributed by atoms with van der Waals surface area (Å²) in [6.45, 7) is 1.77. The Morgan fingerprint density at radius 2 is 1.88 bits per heavy atom. The molecular formula is C11H21N3O2. The molecule has 1 aliphatic heterocycles. The zero-order valence-electron chi connectivity index (χ0n) is 10.1. The van der Waals surface area contributed by atoms with Gasteiger partial charge in [-0.15, -0.1) is 0 Å². The Hall–Kier alpha value is -1.10. The van der Waals surface area contributed by atoms with Gasteiger partial charge in [-0.2, -0.15) is 0 Å².